The van der Waals surface area contributed by atoms with Crippen LogP contribution in [0.3, 0.4) is 0 Å². The highest BCUT2D eigenvalue weighted by molar-refractivity contribution is 7.88. The van der Waals surface area contributed by atoms with Gasteiger partial charge in [0.05, 0.1) is 12.5 Å². The maximum absolute atomic E-state index is 12.9. The van der Waals surface area contributed by atoms with E-state index in [1.165, 1.54) is 23.4 Å². The van der Waals surface area contributed by atoms with Gasteiger partial charge in [-0.2, -0.15) is 0 Å². The number of hydrogen-bond acceptors (Lipinski definition) is 9. The Hall–Kier alpha value is -2.02. The Labute approximate surface area is 183 Å². The second kappa shape index (κ2) is 8.85. The van der Waals surface area contributed by atoms with Crippen molar-refractivity contribution >= 4 is 27.6 Å². The summed E-state index contributed by atoms with van der Waals surface area (Å²) in [5.41, 5.74) is 0.236. The number of carbonyl (C=O) groups excluding carboxylic acids is 1. The lowest BCUT2D eigenvalue weighted by Gasteiger charge is -2.42. The predicted octanol–water partition coefficient (Wildman–Crippen LogP) is 0.221. The van der Waals surface area contributed by atoms with E-state index in [1.807, 2.05) is 6.92 Å². The van der Waals surface area contributed by atoms with Crippen LogP contribution < -0.4 is 26.6 Å². The Morgan fingerprint density at radius 3 is 2.52 bits per heavy atom. The molecule has 0 aromatic carbocycles. The molecule has 3 heterocycles. The van der Waals surface area contributed by atoms with Crippen LogP contribution in [0.25, 0.3) is 0 Å². The van der Waals surface area contributed by atoms with E-state index in [-0.39, 0.29) is 17.6 Å². The third kappa shape index (κ3) is 5.08. The largest absolute Gasteiger partial charge is 0.366 e. The topological polar surface area (TPSA) is 140 Å². The first kappa shape index (κ1) is 22.2. The number of piperidine rings is 1. The molecule has 1 amide bonds. The van der Waals surface area contributed by atoms with Gasteiger partial charge in [-0.15, -0.1) is 0 Å². The maximum atomic E-state index is 12.9. The number of carbonyl (C=O) groups is 1. The molecule has 0 spiro atoms. The van der Waals surface area contributed by atoms with Crippen LogP contribution in [0.5, 0.6) is 0 Å². The molecule has 3 aliphatic rings. The van der Waals surface area contributed by atoms with Crippen molar-refractivity contribution in [3.8, 4) is 0 Å². The fourth-order valence-electron chi connectivity index (χ4n) is 4.54. The Morgan fingerprint density at radius 1 is 1.16 bits per heavy atom. The molecule has 0 radical (unpaired) electrons. The fourth-order valence-corrected chi connectivity index (χ4v) is 5.41. The lowest BCUT2D eigenvalue weighted by atomic mass is 10.1. The third-order valence-corrected chi connectivity index (χ3v) is 7.39. The predicted molar refractivity (Wildman–Crippen MR) is 118 cm³/mol. The number of rotatable bonds is 7. The Bertz CT molecular complexity index is 913. The van der Waals surface area contributed by atoms with Gasteiger partial charge in [0.25, 0.3) is 5.91 Å². The van der Waals surface area contributed by atoms with E-state index in [0.717, 1.165) is 12.8 Å². The van der Waals surface area contributed by atoms with E-state index in [4.69, 9.17) is 0 Å². The van der Waals surface area contributed by atoms with Gasteiger partial charge in [0.2, 0.25) is 15.9 Å². The average Bonchev–Trinajstić information content (AvgIpc) is 3.21. The van der Waals surface area contributed by atoms with Crippen molar-refractivity contribution < 1.29 is 13.2 Å². The third-order valence-electron chi connectivity index (χ3n) is 6.09. The zero-order valence-corrected chi connectivity index (χ0v) is 18.9. The zero-order chi connectivity index (χ0) is 22.1. The second-order valence-corrected chi connectivity index (χ2v) is 10.5. The summed E-state index contributed by atoms with van der Waals surface area (Å²) < 4.78 is 24.8. The number of fused-ring (bicyclic) bond motifs is 1. The molecule has 1 unspecified atom stereocenters. The molecule has 11 nitrogen and oxygen atoms in total. The van der Waals surface area contributed by atoms with E-state index in [9.17, 15) is 13.2 Å². The monoisotopic (exact) mass is 452 g/mol. The first-order valence-electron chi connectivity index (χ1n) is 11.0. The Kier molecular flexibility index (Phi) is 6.33. The summed E-state index contributed by atoms with van der Waals surface area (Å²) in [5.74, 6) is -0.320. The minimum absolute atomic E-state index is 0.0786. The van der Waals surface area contributed by atoms with Gasteiger partial charge in [-0.1, -0.05) is 19.8 Å². The molecule has 1 aliphatic carbocycles. The lowest BCUT2D eigenvalue weighted by Crippen LogP contribution is -2.75. The van der Waals surface area contributed by atoms with Gasteiger partial charge in [0, 0.05) is 25.2 Å². The van der Waals surface area contributed by atoms with Gasteiger partial charge in [0.15, 0.2) is 11.5 Å². The standard InChI is InChI=1S/C19H32N8O3S/c1-3-21-19(24-14-6-4-5-7-14)25-17-16(18(28)26-19)23-15(12-20-17)22-13-8-10-27(11-9-13)31(2,29)30/h12-14,21,24H,3-11H2,1-2H3,(H,20,25)(H,22,23)(H,26,28). The molecule has 4 rings (SSSR count). The van der Waals surface area contributed by atoms with E-state index in [0.29, 0.717) is 50.2 Å². The number of amides is 1. The summed E-state index contributed by atoms with van der Waals surface area (Å²) in [7, 11) is -3.16. The first-order valence-corrected chi connectivity index (χ1v) is 12.8. The van der Waals surface area contributed by atoms with Crippen LogP contribution in [0.1, 0.15) is 55.9 Å². The van der Waals surface area contributed by atoms with Crippen LogP contribution in [-0.2, 0) is 10.0 Å². The Morgan fingerprint density at radius 2 is 1.87 bits per heavy atom. The molecule has 1 atom stereocenters. The molecule has 1 saturated heterocycles. The molecule has 2 aliphatic heterocycles. The van der Waals surface area contributed by atoms with E-state index in [2.05, 4.69) is 36.6 Å². The van der Waals surface area contributed by atoms with Gasteiger partial charge in [-0.25, -0.2) is 22.7 Å². The normalized spacial score (nSPS) is 25.7. The number of hydrogen-bond donors (Lipinski definition) is 5. The highest BCUT2D eigenvalue weighted by atomic mass is 32.2. The Balaban J connectivity index is 1.44. The summed E-state index contributed by atoms with van der Waals surface area (Å²) in [6, 6.07) is 0.398. The molecule has 1 aromatic rings. The van der Waals surface area contributed by atoms with Gasteiger partial charge in [-0.05, 0) is 32.2 Å². The molecule has 1 aromatic heterocycles. The molecule has 12 heteroatoms. The molecule has 5 N–H and O–H groups in total. The summed E-state index contributed by atoms with van der Waals surface area (Å²) in [5, 5.41) is 16.4. The van der Waals surface area contributed by atoms with Gasteiger partial charge < -0.3 is 16.0 Å². The summed E-state index contributed by atoms with van der Waals surface area (Å²) in [4.78, 5) is 21.8. The molecular weight excluding hydrogens is 420 g/mol. The van der Waals surface area contributed by atoms with Gasteiger partial charge >= 0.3 is 0 Å². The van der Waals surface area contributed by atoms with Crippen LogP contribution in [0.15, 0.2) is 6.20 Å². The van der Waals surface area contributed by atoms with E-state index >= 15 is 0 Å². The smallest absolute Gasteiger partial charge is 0.277 e. The van der Waals surface area contributed by atoms with Crippen molar-refractivity contribution in [1.82, 2.24) is 30.2 Å². The molecular formula is C19H32N8O3S. The molecule has 1 saturated carbocycles. The molecule has 31 heavy (non-hydrogen) atoms. The van der Waals surface area contributed by atoms with Crippen LogP contribution in [0, 0.1) is 0 Å². The van der Waals surface area contributed by atoms with Crippen molar-refractivity contribution in [2.24, 2.45) is 0 Å². The highest BCUT2D eigenvalue weighted by Crippen LogP contribution is 2.25. The number of anilines is 2. The maximum Gasteiger partial charge on any atom is 0.277 e. The summed E-state index contributed by atoms with van der Waals surface area (Å²) in [6.07, 6.45) is 8.70. The van der Waals surface area contributed by atoms with Gasteiger partial charge in [0.1, 0.15) is 5.82 Å². The molecule has 2 fully saturated rings. The number of nitrogens with one attached hydrogen (secondary N) is 5. The highest BCUT2D eigenvalue weighted by Gasteiger charge is 2.40. The zero-order valence-electron chi connectivity index (χ0n) is 18.1. The quantitative estimate of drug-likeness (QED) is 0.367. The van der Waals surface area contributed by atoms with Crippen LogP contribution in [0.2, 0.25) is 0 Å². The van der Waals surface area contributed by atoms with Crippen molar-refractivity contribution in [3.05, 3.63) is 11.9 Å². The van der Waals surface area contributed by atoms with E-state index < -0.39 is 15.9 Å². The molecule has 172 valence electrons. The first-order chi connectivity index (χ1) is 14.8. The SMILES string of the molecule is CCNC1(NC2CCCC2)NC(=O)c2nc(NC3CCN(S(C)(=O)=O)CC3)cnc2N1. The number of aromatic nitrogens is 2. The number of nitrogens with zero attached hydrogens (tertiary/aromatic N) is 3. The van der Waals surface area contributed by atoms with Crippen molar-refractivity contribution in [3.63, 3.8) is 0 Å². The average molecular weight is 453 g/mol. The van der Waals surface area contributed by atoms with Crippen molar-refractivity contribution in [1.29, 1.82) is 0 Å². The fraction of sp³-hybridized carbons (Fsp3) is 0.737. The van der Waals surface area contributed by atoms with Crippen LogP contribution in [-0.4, -0.2) is 72.5 Å². The van der Waals surface area contributed by atoms with E-state index in [1.54, 1.807) is 6.20 Å². The molecule has 0 bridgehead atoms. The van der Waals surface area contributed by atoms with Crippen LogP contribution in [0.4, 0.5) is 11.6 Å². The minimum Gasteiger partial charge on any atom is -0.366 e. The minimum atomic E-state index is -3.16. The van der Waals surface area contributed by atoms with Crippen molar-refractivity contribution in [2.45, 2.75) is 63.4 Å². The lowest BCUT2D eigenvalue weighted by molar-refractivity contribution is 0.0832. The van der Waals surface area contributed by atoms with Crippen molar-refractivity contribution in [2.75, 3.05) is 36.5 Å². The number of sulfonamides is 1. The summed E-state index contributed by atoms with van der Waals surface area (Å²) in [6.45, 7) is 3.57. The van der Waals surface area contributed by atoms with Gasteiger partial charge in [-0.3, -0.25) is 15.4 Å². The van der Waals surface area contributed by atoms with Crippen LogP contribution >= 0.6 is 0 Å². The second-order valence-electron chi connectivity index (χ2n) is 8.52. The summed E-state index contributed by atoms with van der Waals surface area (Å²) >= 11 is 0.